The summed E-state index contributed by atoms with van der Waals surface area (Å²) in [7, 11) is 2.04. The number of aryl methyl sites for hydroxylation is 1. The van der Waals surface area contributed by atoms with Gasteiger partial charge in [-0.05, 0) is 28.7 Å². The monoisotopic (exact) mass is 531 g/mol. The number of hydrogen-bond donors (Lipinski definition) is 1. The van der Waals surface area contributed by atoms with Crippen molar-refractivity contribution in [2.75, 3.05) is 12.0 Å². The van der Waals surface area contributed by atoms with Gasteiger partial charge in [-0.15, -0.1) is 0 Å². The molecule has 0 fully saturated rings. The fraction of sp³-hybridized carbons (Fsp3) is 0.257. The minimum Gasteiger partial charge on any atom is -0.208 e. The maximum Gasteiger partial charge on any atom is 0.200 e. The minimum atomic E-state index is 0.840. The number of nitrogens with zero attached hydrogens (tertiary/aromatic N) is 4. The standard InChI is InChI=1S/C35H40N5/c1-3-4-5-8-19-36-40-26-17-33(18-27-40)32-15-24-39(25-16-32)29-35-10-7-6-9-34(35)28-38-22-13-31(14-23-38)30-11-20-37(2)21-12-30/h6-7,9-18,20-27H,3-5,8,19,28-29H2,1-2H3/q+3/p+1. The van der Waals surface area contributed by atoms with Gasteiger partial charge in [0.05, 0.1) is 6.54 Å². The van der Waals surface area contributed by atoms with Gasteiger partial charge in [0.25, 0.3) is 0 Å². The molecule has 40 heavy (non-hydrogen) atoms. The first-order valence-corrected chi connectivity index (χ1v) is 14.4. The van der Waals surface area contributed by atoms with Crippen LogP contribution in [-0.2, 0) is 20.1 Å². The molecule has 5 aromatic rings. The molecular weight excluding hydrogens is 490 g/mol. The van der Waals surface area contributed by atoms with Gasteiger partial charge >= 0.3 is 0 Å². The van der Waals surface area contributed by atoms with Gasteiger partial charge in [-0.2, -0.15) is 5.43 Å². The predicted molar refractivity (Wildman–Crippen MR) is 159 cm³/mol. The van der Waals surface area contributed by atoms with Crippen molar-refractivity contribution in [2.24, 2.45) is 7.05 Å². The lowest BCUT2D eigenvalue weighted by Gasteiger charge is -2.06. The van der Waals surface area contributed by atoms with E-state index in [4.69, 9.17) is 0 Å². The van der Waals surface area contributed by atoms with Gasteiger partial charge in [-0.25, -0.2) is 13.7 Å². The molecule has 1 aromatic carbocycles. The zero-order valence-corrected chi connectivity index (χ0v) is 23.8. The third kappa shape index (κ3) is 7.38. The van der Waals surface area contributed by atoms with Crippen molar-refractivity contribution in [3.05, 3.63) is 133 Å². The predicted octanol–water partition coefficient (Wildman–Crippen LogP) is 4.93. The summed E-state index contributed by atoms with van der Waals surface area (Å²) < 4.78 is 8.62. The van der Waals surface area contributed by atoms with E-state index in [1.165, 1.54) is 59.1 Å². The normalized spacial score (nSPS) is 10.9. The van der Waals surface area contributed by atoms with Crippen molar-refractivity contribution >= 4 is 0 Å². The first kappa shape index (κ1) is 27.2. The van der Waals surface area contributed by atoms with E-state index in [1.807, 2.05) is 7.05 Å². The van der Waals surface area contributed by atoms with Crippen LogP contribution >= 0.6 is 0 Å². The van der Waals surface area contributed by atoms with Crippen LogP contribution in [0.4, 0.5) is 0 Å². The second-order valence-electron chi connectivity index (χ2n) is 10.5. The molecule has 0 aliphatic heterocycles. The van der Waals surface area contributed by atoms with Gasteiger partial charge in [0, 0.05) is 59.7 Å². The van der Waals surface area contributed by atoms with Gasteiger partial charge in [0.15, 0.2) is 62.7 Å². The molecule has 0 radical (unpaired) electrons. The molecule has 0 atom stereocenters. The van der Waals surface area contributed by atoms with Gasteiger partial charge in [-0.1, -0.05) is 55.1 Å². The maximum atomic E-state index is 3.46. The van der Waals surface area contributed by atoms with Crippen LogP contribution in [0, 0.1) is 0 Å². The molecule has 0 aliphatic rings. The number of rotatable bonds is 12. The van der Waals surface area contributed by atoms with E-state index in [2.05, 4.69) is 153 Å². The van der Waals surface area contributed by atoms with Crippen molar-refractivity contribution in [1.29, 1.82) is 0 Å². The van der Waals surface area contributed by atoms with E-state index in [0.29, 0.717) is 0 Å². The van der Waals surface area contributed by atoms with Crippen molar-refractivity contribution in [3.8, 4) is 22.3 Å². The summed E-state index contributed by atoms with van der Waals surface area (Å²) in [5, 5.41) is 0. The summed E-state index contributed by atoms with van der Waals surface area (Å²) in [5.41, 5.74) is 11.0. The van der Waals surface area contributed by atoms with E-state index >= 15 is 0 Å². The molecular formula is C35H41N5+4. The summed E-state index contributed by atoms with van der Waals surface area (Å²) in [6, 6.07) is 26.2. The van der Waals surface area contributed by atoms with Crippen LogP contribution in [0.15, 0.2) is 122 Å². The molecule has 5 heteroatoms. The molecule has 5 rings (SSSR count). The molecule has 5 nitrogen and oxygen atoms in total. The third-order valence-corrected chi connectivity index (χ3v) is 7.41. The first-order valence-electron chi connectivity index (χ1n) is 14.4. The van der Waals surface area contributed by atoms with Crippen LogP contribution in [0.25, 0.3) is 22.3 Å². The lowest BCUT2D eigenvalue weighted by Crippen LogP contribution is -2.44. The highest BCUT2D eigenvalue weighted by Gasteiger charge is 2.13. The quantitative estimate of drug-likeness (QED) is 0.179. The molecule has 0 bridgehead atoms. The largest absolute Gasteiger partial charge is 0.208 e. The summed E-state index contributed by atoms with van der Waals surface area (Å²) >= 11 is 0. The second-order valence-corrected chi connectivity index (χ2v) is 10.5. The van der Waals surface area contributed by atoms with Crippen LogP contribution in [0.1, 0.15) is 43.7 Å². The van der Waals surface area contributed by atoms with Crippen LogP contribution in [-0.4, -0.2) is 6.54 Å². The highest BCUT2D eigenvalue weighted by atomic mass is 15.4. The Morgan fingerprint density at radius 3 is 1.45 bits per heavy atom. The lowest BCUT2D eigenvalue weighted by molar-refractivity contribution is -0.693. The number of pyridine rings is 4. The Bertz CT molecular complexity index is 1480. The van der Waals surface area contributed by atoms with Crippen LogP contribution in [0.5, 0.6) is 0 Å². The van der Waals surface area contributed by atoms with Crippen LogP contribution in [0.2, 0.25) is 0 Å². The third-order valence-electron chi connectivity index (χ3n) is 7.41. The SMILES string of the molecule is CCCCCCN[n+]1ccc(-c2cc[n+](Cc3ccccc3C[n+]3ccc(-c4cc[n+](C)cc4)cc3)cc2)cc1. The zero-order chi connectivity index (χ0) is 27.6. The summed E-state index contributed by atoms with van der Waals surface area (Å²) in [6.07, 6.45) is 22.2. The maximum absolute atomic E-state index is 3.46. The van der Waals surface area contributed by atoms with E-state index < -0.39 is 0 Å². The first-order chi connectivity index (χ1) is 19.7. The van der Waals surface area contributed by atoms with Gasteiger partial charge in [0.2, 0.25) is 0 Å². The topological polar surface area (TPSA) is 27.5 Å². The fourth-order valence-corrected chi connectivity index (χ4v) is 4.95. The average Bonchev–Trinajstić information content (AvgIpc) is 3.00. The van der Waals surface area contributed by atoms with Gasteiger partial charge in [0.1, 0.15) is 7.05 Å². The highest BCUT2D eigenvalue weighted by Crippen LogP contribution is 2.17. The van der Waals surface area contributed by atoms with E-state index in [0.717, 1.165) is 19.6 Å². The molecule has 0 saturated heterocycles. The Morgan fingerprint density at radius 1 is 0.525 bits per heavy atom. The minimum absolute atomic E-state index is 0.840. The number of benzene rings is 1. The van der Waals surface area contributed by atoms with Crippen molar-refractivity contribution in [2.45, 2.75) is 45.7 Å². The molecule has 1 N–H and O–H groups in total. The Balaban J connectivity index is 1.20. The van der Waals surface area contributed by atoms with E-state index in [-0.39, 0.29) is 0 Å². The van der Waals surface area contributed by atoms with Crippen LogP contribution < -0.4 is 23.8 Å². The lowest BCUT2D eigenvalue weighted by atomic mass is 10.1. The van der Waals surface area contributed by atoms with E-state index in [1.54, 1.807) is 0 Å². The number of nitrogens with one attached hydrogen (secondary N) is 1. The smallest absolute Gasteiger partial charge is 0.200 e. The number of hydrogen-bond acceptors (Lipinski definition) is 1. The fourth-order valence-electron chi connectivity index (χ4n) is 4.95. The molecule has 4 aromatic heterocycles. The van der Waals surface area contributed by atoms with Crippen LogP contribution in [0.3, 0.4) is 0 Å². The highest BCUT2D eigenvalue weighted by molar-refractivity contribution is 5.61. The Morgan fingerprint density at radius 2 is 0.975 bits per heavy atom. The summed E-state index contributed by atoms with van der Waals surface area (Å²) in [4.78, 5) is 0. The Kier molecular flexibility index (Phi) is 9.25. The Labute approximate surface area is 238 Å². The van der Waals surface area contributed by atoms with Crippen molar-refractivity contribution in [1.82, 2.24) is 0 Å². The summed E-state index contributed by atoms with van der Waals surface area (Å²) in [6.45, 7) is 4.94. The molecule has 0 aliphatic carbocycles. The molecule has 0 spiro atoms. The van der Waals surface area contributed by atoms with E-state index in [9.17, 15) is 0 Å². The number of aromatic nitrogens is 4. The van der Waals surface area contributed by atoms with Crippen molar-refractivity contribution < 1.29 is 18.4 Å². The molecule has 202 valence electrons. The van der Waals surface area contributed by atoms with Gasteiger partial charge < -0.3 is 0 Å². The van der Waals surface area contributed by atoms with Crippen molar-refractivity contribution in [3.63, 3.8) is 0 Å². The molecule has 4 heterocycles. The average molecular weight is 532 g/mol. The summed E-state index contributed by atoms with van der Waals surface area (Å²) in [5.74, 6) is 0. The van der Waals surface area contributed by atoms with Gasteiger partial charge in [-0.3, -0.25) is 0 Å². The molecule has 0 saturated carbocycles. The second kappa shape index (κ2) is 13.6. The number of unbranched alkanes of at least 4 members (excludes halogenated alkanes) is 3. The molecule has 0 amide bonds. The Hall–Kier alpha value is -4.38. The molecule has 0 unspecified atom stereocenters. The zero-order valence-electron chi connectivity index (χ0n) is 23.8.